The van der Waals surface area contributed by atoms with Crippen LogP contribution in [0, 0.1) is 0 Å². The standard InChI is InChI=1S/C12H8N4O2/c17-7-10-4-5-11(18-10)8-2-1-3-9(6-8)12-13-15-16-14-12/h1-7H,(H,13,14,15,16). The number of hydrogen-bond donors (Lipinski definition) is 1. The molecule has 88 valence electrons. The maximum atomic E-state index is 10.6. The molecule has 0 radical (unpaired) electrons. The van der Waals surface area contributed by atoms with Gasteiger partial charge in [-0.1, -0.05) is 18.2 Å². The monoisotopic (exact) mass is 240 g/mol. The van der Waals surface area contributed by atoms with Crippen molar-refractivity contribution in [1.82, 2.24) is 20.6 Å². The Labute approximate surface area is 102 Å². The molecule has 0 atom stereocenters. The number of benzene rings is 1. The lowest BCUT2D eigenvalue weighted by molar-refractivity contribution is 0.110. The fraction of sp³-hybridized carbons (Fsp3) is 0. The zero-order valence-corrected chi connectivity index (χ0v) is 9.20. The van der Waals surface area contributed by atoms with Crippen molar-refractivity contribution in [3.05, 3.63) is 42.2 Å². The smallest absolute Gasteiger partial charge is 0.204 e. The third kappa shape index (κ3) is 1.80. The molecule has 18 heavy (non-hydrogen) atoms. The normalized spacial score (nSPS) is 10.4. The van der Waals surface area contributed by atoms with Crippen LogP contribution in [0.2, 0.25) is 0 Å². The summed E-state index contributed by atoms with van der Waals surface area (Å²) in [6.45, 7) is 0. The fourth-order valence-corrected chi connectivity index (χ4v) is 1.67. The number of nitrogens with zero attached hydrogens (tertiary/aromatic N) is 3. The van der Waals surface area contributed by atoms with Gasteiger partial charge in [-0.15, -0.1) is 10.2 Å². The molecule has 0 unspecified atom stereocenters. The van der Waals surface area contributed by atoms with Crippen molar-refractivity contribution < 1.29 is 9.21 Å². The SMILES string of the molecule is O=Cc1ccc(-c2cccc(-c3nn[nH]n3)c2)o1. The first-order valence-electron chi connectivity index (χ1n) is 5.26. The van der Waals surface area contributed by atoms with Gasteiger partial charge in [-0.2, -0.15) is 5.21 Å². The van der Waals surface area contributed by atoms with E-state index in [4.69, 9.17) is 4.42 Å². The number of H-pyrrole nitrogens is 1. The average Bonchev–Trinajstić information content (AvgIpc) is 3.10. The summed E-state index contributed by atoms with van der Waals surface area (Å²) in [5.74, 6) is 1.44. The number of carbonyl (C=O) groups is 1. The van der Waals surface area contributed by atoms with Crippen molar-refractivity contribution in [2.45, 2.75) is 0 Å². The molecule has 3 rings (SSSR count). The third-order valence-corrected chi connectivity index (χ3v) is 2.49. The Bertz CT molecular complexity index is 673. The predicted octanol–water partition coefficient (Wildman–Crippen LogP) is 1.94. The number of hydrogen-bond acceptors (Lipinski definition) is 5. The zero-order chi connectivity index (χ0) is 12.4. The molecule has 0 saturated carbocycles. The Morgan fingerprint density at radius 1 is 1.17 bits per heavy atom. The van der Waals surface area contributed by atoms with E-state index >= 15 is 0 Å². The number of rotatable bonds is 3. The second-order valence-corrected chi connectivity index (χ2v) is 3.64. The second-order valence-electron chi connectivity index (χ2n) is 3.64. The van der Waals surface area contributed by atoms with Crippen molar-refractivity contribution in [3.8, 4) is 22.7 Å². The molecular formula is C12H8N4O2. The number of aldehydes is 1. The summed E-state index contributed by atoms with van der Waals surface area (Å²) in [5, 5.41) is 13.7. The van der Waals surface area contributed by atoms with Crippen LogP contribution in [-0.4, -0.2) is 26.9 Å². The molecule has 0 fully saturated rings. The molecule has 0 aliphatic rings. The molecule has 1 N–H and O–H groups in total. The third-order valence-electron chi connectivity index (χ3n) is 2.49. The van der Waals surface area contributed by atoms with E-state index in [-0.39, 0.29) is 0 Å². The molecule has 2 heterocycles. The van der Waals surface area contributed by atoms with Gasteiger partial charge in [0.05, 0.1) is 0 Å². The van der Waals surface area contributed by atoms with Crippen LogP contribution in [0.1, 0.15) is 10.6 Å². The molecule has 0 spiro atoms. The summed E-state index contributed by atoms with van der Waals surface area (Å²) in [6, 6.07) is 10.9. The lowest BCUT2D eigenvalue weighted by Gasteiger charge is -1.99. The molecule has 0 saturated heterocycles. The highest BCUT2D eigenvalue weighted by Crippen LogP contribution is 2.25. The van der Waals surface area contributed by atoms with Crippen molar-refractivity contribution in [2.75, 3.05) is 0 Å². The van der Waals surface area contributed by atoms with Gasteiger partial charge in [0.1, 0.15) is 5.76 Å². The molecule has 6 nitrogen and oxygen atoms in total. The quantitative estimate of drug-likeness (QED) is 0.707. The molecule has 0 amide bonds. The zero-order valence-electron chi connectivity index (χ0n) is 9.20. The molecule has 0 bridgehead atoms. The molecule has 3 aromatic rings. The summed E-state index contributed by atoms with van der Waals surface area (Å²) in [6.07, 6.45) is 0.673. The van der Waals surface area contributed by atoms with E-state index in [1.807, 2.05) is 24.3 Å². The van der Waals surface area contributed by atoms with Crippen LogP contribution in [0.5, 0.6) is 0 Å². The van der Waals surface area contributed by atoms with Gasteiger partial charge >= 0.3 is 0 Å². The number of furan rings is 1. The van der Waals surface area contributed by atoms with E-state index in [1.165, 1.54) is 0 Å². The summed E-state index contributed by atoms with van der Waals surface area (Å²) < 4.78 is 5.36. The van der Waals surface area contributed by atoms with Gasteiger partial charge in [-0.25, -0.2) is 0 Å². The largest absolute Gasteiger partial charge is 0.453 e. The van der Waals surface area contributed by atoms with Gasteiger partial charge in [-0.05, 0) is 23.4 Å². The maximum Gasteiger partial charge on any atom is 0.204 e. The number of aromatic amines is 1. The minimum absolute atomic E-state index is 0.301. The Morgan fingerprint density at radius 2 is 2.06 bits per heavy atom. The first-order chi connectivity index (χ1) is 8.86. The maximum absolute atomic E-state index is 10.6. The van der Waals surface area contributed by atoms with Crippen LogP contribution >= 0.6 is 0 Å². The van der Waals surface area contributed by atoms with Crippen molar-refractivity contribution in [3.63, 3.8) is 0 Å². The molecule has 0 aliphatic heterocycles. The topological polar surface area (TPSA) is 84.7 Å². The van der Waals surface area contributed by atoms with Gasteiger partial charge in [0, 0.05) is 11.1 Å². The van der Waals surface area contributed by atoms with E-state index in [9.17, 15) is 4.79 Å². The number of aromatic nitrogens is 4. The molecular weight excluding hydrogens is 232 g/mol. The van der Waals surface area contributed by atoms with E-state index in [1.54, 1.807) is 12.1 Å². The van der Waals surface area contributed by atoms with Crippen molar-refractivity contribution in [2.24, 2.45) is 0 Å². The predicted molar refractivity (Wildman–Crippen MR) is 62.7 cm³/mol. The Kier molecular flexibility index (Phi) is 2.45. The Balaban J connectivity index is 2.03. The highest BCUT2D eigenvalue weighted by Gasteiger charge is 2.07. The molecule has 2 aromatic heterocycles. The molecule has 1 aromatic carbocycles. The summed E-state index contributed by atoms with van der Waals surface area (Å²) >= 11 is 0. The van der Waals surface area contributed by atoms with Gasteiger partial charge in [-0.3, -0.25) is 4.79 Å². The van der Waals surface area contributed by atoms with Gasteiger partial charge in [0.2, 0.25) is 5.82 Å². The van der Waals surface area contributed by atoms with Crippen LogP contribution in [0.25, 0.3) is 22.7 Å². The van der Waals surface area contributed by atoms with E-state index < -0.39 is 0 Å². The van der Waals surface area contributed by atoms with Crippen LogP contribution in [0.15, 0.2) is 40.8 Å². The van der Waals surface area contributed by atoms with Crippen molar-refractivity contribution >= 4 is 6.29 Å². The summed E-state index contributed by atoms with van der Waals surface area (Å²) in [5.41, 5.74) is 1.68. The second kappa shape index (κ2) is 4.25. The minimum Gasteiger partial charge on any atom is -0.453 e. The summed E-state index contributed by atoms with van der Waals surface area (Å²) in [4.78, 5) is 10.6. The van der Waals surface area contributed by atoms with Crippen LogP contribution in [-0.2, 0) is 0 Å². The van der Waals surface area contributed by atoms with E-state index in [2.05, 4.69) is 20.6 Å². The van der Waals surface area contributed by atoms with Crippen LogP contribution < -0.4 is 0 Å². The number of nitrogens with one attached hydrogen (secondary N) is 1. The first kappa shape index (κ1) is 10.4. The Hall–Kier alpha value is -2.76. The van der Waals surface area contributed by atoms with E-state index in [0.29, 0.717) is 23.6 Å². The number of tetrazole rings is 1. The van der Waals surface area contributed by atoms with Gasteiger partial charge < -0.3 is 4.42 Å². The molecule has 6 heteroatoms. The van der Waals surface area contributed by atoms with E-state index in [0.717, 1.165) is 11.1 Å². The highest BCUT2D eigenvalue weighted by molar-refractivity contribution is 5.73. The summed E-state index contributed by atoms with van der Waals surface area (Å²) in [7, 11) is 0. The van der Waals surface area contributed by atoms with Gasteiger partial charge in [0.25, 0.3) is 0 Å². The minimum atomic E-state index is 0.301. The lowest BCUT2D eigenvalue weighted by Crippen LogP contribution is -1.82. The first-order valence-corrected chi connectivity index (χ1v) is 5.26. The molecule has 0 aliphatic carbocycles. The highest BCUT2D eigenvalue weighted by atomic mass is 16.3. The van der Waals surface area contributed by atoms with Gasteiger partial charge in [0.15, 0.2) is 12.0 Å². The lowest BCUT2D eigenvalue weighted by atomic mass is 10.1. The van der Waals surface area contributed by atoms with Crippen LogP contribution in [0.3, 0.4) is 0 Å². The fourth-order valence-electron chi connectivity index (χ4n) is 1.67. The average molecular weight is 240 g/mol. The number of carbonyl (C=O) groups excluding carboxylic acids is 1. The van der Waals surface area contributed by atoms with Crippen molar-refractivity contribution in [1.29, 1.82) is 0 Å². The Morgan fingerprint density at radius 3 is 2.78 bits per heavy atom. The van der Waals surface area contributed by atoms with Crippen LogP contribution in [0.4, 0.5) is 0 Å².